The smallest absolute Gasteiger partial charge is 0.243 e. The lowest BCUT2D eigenvalue weighted by molar-refractivity contribution is 0.198. The number of benzene rings is 2. The summed E-state index contributed by atoms with van der Waals surface area (Å²) in [5.41, 5.74) is 4.73. The quantitative estimate of drug-likeness (QED) is 0.562. The molecule has 1 aliphatic heterocycles. The van der Waals surface area contributed by atoms with Gasteiger partial charge in [0.1, 0.15) is 0 Å². The van der Waals surface area contributed by atoms with Gasteiger partial charge in [0.2, 0.25) is 10.0 Å². The maximum Gasteiger partial charge on any atom is 0.243 e. The monoisotopic (exact) mass is 464 g/mol. The highest BCUT2D eigenvalue weighted by Gasteiger charge is 2.44. The van der Waals surface area contributed by atoms with Gasteiger partial charge in [-0.3, -0.25) is 4.99 Å². The predicted molar refractivity (Wildman–Crippen MR) is 136 cm³/mol. The fourth-order valence-corrected chi connectivity index (χ4v) is 6.71. The third-order valence-corrected chi connectivity index (χ3v) is 8.96. The van der Waals surface area contributed by atoms with Gasteiger partial charge in [-0.15, -0.1) is 0 Å². The summed E-state index contributed by atoms with van der Waals surface area (Å²) in [6.07, 6.45) is 5.71. The van der Waals surface area contributed by atoms with Crippen LogP contribution in [-0.2, 0) is 21.9 Å². The zero-order chi connectivity index (χ0) is 23.7. The molecular weight excluding hydrogens is 428 g/mol. The Hall–Kier alpha value is -2.24. The summed E-state index contributed by atoms with van der Waals surface area (Å²) < 4.78 is 29.1. The zero-order valence-electron chi connectivity index (χ0n) is 20.3. The number of rotatable bonds is 5. The molecule has 0 amide bonds. The van der Waals surface area contributed by atoms with Gasteiger partial charge in [0.25, 0.3) is 0 Å². The van der Waals surface area contributed by atoms with E-state index in [0.29, 0.717) is 18.0 Å². The van der Waals surface area contributed by atoms with Gasteiger partial charge in [0.05, 0.1) is 4.90 Å². The van der Waals surface area contributed by atoms with Gasteiger partial charge in [-0.05, 0) is 67.4 Å². The van der Waals surface area contributed by atoms with Crippen molar-refractivity contribution in [2.75, 3.05) is 19.6 Å². The van der Waals surface area contributed by atoms with E-state index in [9.17, 15) is 8.42 Å². The number of hydrogen-bond acceptors (Lipinski definition) is 3. The van der Waals surface area contributed by atoms with Crippen LogP contribution in [0.15, 0.2) is 76.1 Å². The van der Waals surface area contributed by atoms with Crippen molar-refractivity contribution in [1.29, 1.82) is 0 Å². The number of allylic oxidation sites excluding steroid dienone is 1. The average molecular weight is 465 g/mol. The lowest BCUT2D eigenvalue weighted by atomic mass is 9.66. The number of fused-ring (bicyclic) bond motifs is 1. The van der Waals surface area contributed by atoms with Crippen LogP contribution in [0.25, 0.3) is 0 Å². The Balaban J connectivity index is 1.67. The molecule has 2 aliphatic rings. The maximum absolute atomic E-state index is 13.7. The second kappa shape index (κ2) is 9.19. The molecule has 1 atom stereocenters. The van der Waals surface area contributed by atoms with Crippen LogP contribution in [-0.4, -0.2) is 38.1 Å². The summed E-state index contributed by atoms with van der Waals surface area (Å²) in [6, 6.07) is 17.9. The van der Waals surface area contributed by atoms with Gasteiger partial charge in [-0.1, -0.05) is 68.8 Å². The minimum absolute atomic E-state index is 0.00724. The van der Waals surface area contributed by atoms with E-state index >= 15 is 0 Å². The summed E-state index contributed by atoms with van der Waals surface area (Å²) in [5, 5.41) is 0. The maximum atomic E-state index is 13.7. The predicted octanol–water partition coefficient (Wildman–Crippen LogP) is 5.79. The number of hydrogen-bond donors (Lipinski definition) is 0. The molecule has 0 radical (unpaired) electrons. The topological polar surface area (TPSA) is 49.7 Å². The molecule has 1 fully saturated rings. The molecule has 1 aliphatic carbocycles. The first-order chi connectivity index (χ1) is 15.6. The summed E-state index contributed by atoms with van der Waals surface area (Å²) in [6.45, 7) is 10.3. The van der Waals surface area contributed by atoms with E-state index in [1.54, 1.807) is 16.4 Å². The van der Waals surface area contributed by atoms with Crippen molar-refractivity contribution < 1.29 is 8.42 Å². The lowest BCUT2D eigenvalue weighted by Gasteiger charge is -2.46. The van der Waals surface area contributed by atoms with E-state index in [-0.39, 0.29) is 10.8 Å². The van der Waals surface area contributed by atoms with Crippen molar-refractivity contribution in [3.8, 4) is 0 Å². The largest absolute Gasteiger partial charge is 0.290 e. The number of nitrogens with zero attached hydrogens (tertiary/aromatic N) is 2. The van der Waals surface area contributed by atoms with E-state index < -0.39 is 10.0 Å². The molecule has 2 aromatic rings. The van der Waals surface area contributed by atoms with E-state index in [1.807, 2.05) is 18.2 Å². The Kier molecular flexibility index (Phi) is 6.66. The molecular formula is C28H36N2O2S. The molecule has 1 saturated heterocycles. The van der Waals surface area contributed by atoms with E-state index in [0.717, 1.165) is 43.5 Å². The third-order valence-electron chi connectivity index (χ3n) is 7.10. The summed E-state index contributed by atoms with van der Waals surface area (Å²) in [7, 11) is -3.55. The van der Waals surface area contributed by atoms with Crippen LogP contribution in [0.4, 0.5) is 0 Å². The number of piperidine rings is 1. The average Bonchev–Trinajstić information content (AvgIpc) is 2.79. The van der Waals surface area contributed by atoms with Crippen LogP contribution in [0, 0.1) is 5.41 Å². The first-order valence-corrected chi connectivity index (χ1v) is 13.5. The van der Waals surface area contributed by atoms with Crippen molar-refractivity contribution >= 4 is 15.7 Å². The van der Waals surface area contributed by atoms with Crippen molar-refractivity contribution in [3.63, 3.8) is 0 Å². The van der Waals surface area contributed by atoms with E-state index in [2.05, 4.69) is 63.0 Å². The summed E-state index contributed by atoms with van der Waals surface area (Å²) in [4.78, 5) is 5.06. The highest BCUT2D eigenvalue weighted by atomic mass is 32.2. The van der Waals surface area contributed by atoms with E-state index in [4.69, 9.17) is 0 Å². The van der Waals surface area contributed by atoms with Crippen molar-refractivity contribution in [2.45, 2.75) is 63.7 Å². The molecule has 0 spiro atoms. The highest BCUT2D eigenvalue weighted by molar-refractivity contribution is 7.89. The molecule has 0 bridgehead atoms. The van der Waals surface area contributed by atoms with Gasteiger partial charge in [0.15, 0.2) is 0 Å². The third kappa shape index (κ3) is 4.99. The molecule has 0 N–H and O–H groups in total. The molecule has 33 heavy (non-hydrogen) atoms. The van der Waals surface area contributed by atoms with Gasteiger partial charge < -0.3 is 0 Å². The normalized spacial score (nSPS) is 23.3. The molecule has 1 unspecified atom stereocenters. The van der Waals surface area contributed by atoms with Crippen LogP contribution in [0.3, 0.4) is 0 Å². The van der Waals surface area contributed by atoms with E-state index in [1.165, 1.54) is 11.1 Å². The molecule has 4 nitrogen and oxygen atoms in total. The van der Waals surface area contributed by atoms with Crippen molar-refractivity contribution in [3.05, 3.63) is 77.4 Å². The number of aliphatic imine (C=N–C) groups is 1. The second-order valence-electron chi connectivity index (χ2n) is 10.4. The first kappa shape index (κ1) is 23.9. The SMILES string of the molecule is CCN=C1C=C2CCN(S(=O)(=O)c3ccc(C(C)(C)C)cc3)CC2(Cc2ccccc2)CC1. The first-order valence-electron chi connectivity index (χ1n) is 12.0. The van der Waals surface area contributed by atoms with Gasteiger partial charge in [0, 0.05) is 30.8 Å². The van der Waals surface area contributed by atoms with Gasteiger partial charge in [-0.25, -0.2) is 8.42 Å². The Labute approximate surface area is 199 Å². The van der Waals surface area contributed by atoms with Crippen LogP contribution >= 0.6 is 0 Å². The van der Waals surface area contributed by atoms with Crippen LogP contribution < -0.4 is 0 Å². The molecule has 4 rings (SSSR count). The molecule has 1 heterocycles. The standard InChI is InChI=1S/C28H36N2O2S/c1-5-29-25-15-17-28(20-22-9-7-6-8-10-22)21-30(18-16-24(28)19-25)33(31,32)26-13-11-23(12-14-26)27(2,3)4/h6-14,19H,5,15-18,20-21H2,1-4H3. The Morgan fingerprint density at radius 3 is 2.33 bits per heavy atom. The van der Waals surface area contributed by atoms with Crippen LogP contribution in [0.2, 0.25) is 0 Å². The number of sulfonamides is 1. The fraction of sp³-hybridized carbons (Fsp3) is 0.464. The van der Waals surface area contributed by atoms with Gasteiger partial charge in [-0.2, -0.15) is 4.31 Å². The molecule has 0 saturated carbocycles. The zero-order valence-corrected chi connectivity index (χ0v) is 21.2. The Morgan fingerprint density at radius 1 is 1.00 bits per heavy atom. The summed E-state index contributed by atoms with van der Waals surface area (Å²) in [5.74, 6) is 0. The highest BCUT2D eigenvalue weighted by Crippen LogP contribution is 2.46. The molecule has 0 aromatic heterocycles. The van der Waals surface area contributed by atoms with Crippen molar-refractivity contribution in [2.24, 2.45) is 10.4 Å². The Morgan fingerprint density at radius 2 is 1.70 bits per heavy atom. The summed E-state index contributed by atoms with van der Waals surface area (Å²) >= 11 is 0. The second-order valence-corrected chi connectivity index (χ2v) is 12.4. The fourth-order valence-electron chi connectivity index (χ4n) is 5.19. The molecule has 2 aromatic carbocycles. The van der Waals surface area contributed by atoms with Crippen LogP contribution in [0.5, 0.6) is 0 Å². The molecule has 176 valence electrons. The Bertz CT molecular complexity index is 1140. The van der Waals surface area contributed by atoms with Gasteiger partial charge >= 0.3 is 0 Å². The van der Waals surface area contributed by atoms with Crippen molar-refractivity contribution in [1.82, 2.24) is 4.31 Å². The minimum atomic E-state index is -3.55. The lowest BCUT2D eigenvalue weighted by Crippen LogP contribution is -2.49. The minimum Gasteiger partial charge on any atom is -0.290 e. The van der Waals surface area contributed by atoms with Crippen LogP contribution in [0.1, 0.15) is 58.1 Å². The molecule has 5 heteroatoms.